The molecule has 1 aliphatic heterocycles. The quantitative estimate of drug-likeness (QED) is 0.665. The van der Waals surface area contributed by atoms with Crippen molar-refractivity contribution in [2.45, 2.75) is 12.7 Å². The number of thioether (sulfide) groups is 1. The Morgan fingerprint density at radius 2 is 2.50 bits per heavy atom. The second-order valence-electron chi connectivity index (χ2n) is 2.72. The maximum atomic E-state index is 10.9. The number of anilines is 1. The van der Waals surface area contributed by atoms with Gasteiger partial charge >= 0.3 is 0 Å². The van der Waals surface area contributed by atoms with Crippen LogP contribution in [0.15, 0.2) is 12.3 Å². The molecule has 0 saturated carbocycles. The number of carbonyl (C=O) groups is 1. The summed E-state index contributed by atoms with van der Waals surface area (Å²) in [6, 6.07) is 2.05. The van der Waals surface area contributed by atoms with Crippen LogP contribution in [-0.4, -0.2) is 10.2 Å². The van der Waals surface area contributed by atoms with E-state index in [1.807, 2.05) is 6.92 Å². The normalized spacial score (nSPS) is 15.2. The van der Waals surface area contributed by atoms with Crippen LogP contribution in [-0.2, 0) is 5.75 Å². The minimum Gasteiger partial charge on any atom is -0.301 e. The van der Waals surface area contributed by atoms with Gasteiger partial charge in [0.05, 0.1) is 0 Å². The van der Waals surface area contributed by atoms with E-state index in [9.17, 15) is 4.79 Å². The predicted octanol–water partition coefficient (Wildman–Crippen LogP) is 2.17. The molecule has 12 heavy (non-hydrogen) atoms. The summed E-state index contributed by atoms with van der Waals surface area (Å²) in [5, 5.41) is 2.69. The van der Waals surface area contributed by atoms with E-state index < -0.39 is 0 Å². The molecule has 1 amide bonds. The number of carbonyl (C=O) groups excluding carboxylic acids is 1. The SMILES string of the molecule is Cc1cnc2c(c1)CSC(=O)N2. The summed E-state index contributed by atoms with van der Waals surface area (Å²) < 4.78 is 0. The molecule has 0 spiro atoms. The molecule has 0 fully saturated rings. The highest BCUT2D eigenvalue weighted by atomic mass is 32.2. The second-order valence-corrected chi connectivity index (χ2v) is 3.67. The lowest BCUT2D eigenvalue weighted by Crippen LogP contribution is -2.13. The average Bonchev–Trinajstić information content (AvgIpc) is 2.05. The van der Waals surface area contributed by atoms with Gasteiger partial charge in [0.25, 0.3) is 5.24 Å². The van der Waals surface area contributed by atoms with Crippen molar-refractivity contribution in [1.29, 1.82) is 0 Å². The number of fused-ring (bicyclic) bond motifs is 1. The summed E-state index contributed by atoms with van der Waals surface area (Å²) in [6.07, 6.45) is 1.76. The van der Waals surface area contributed by atoms with Gasteiger partial charge in [0.2, 0.25) is 0 Å². The maximum absolute atomic E-state index is 10.9. The van der Waals surface area contributed by atoms with Crippen LogP contribution in [0.4, 0.5) is 10.6 Å². The molecule has 1 N–H and O–H groups in total. The lowest BCUT2D eigenvalue weighted by Gasteiger charge is -2.14. The van der Waals surface area contributed by atoms with Crippen LogP contribution < -0.4 is 5.32 Å². The van der Waals surface area contributed by atoms with Crippen molar-refractivity contribution in [2.75, 3.05) is 5.32 Å². The van der Waals surface area contributed by atoms with Gasteiger partial charge < -0.3 is 5.32 Å². The third-order valence-electron chi connectivity index (χ3n) is 1.68. The van der Waals surface area contributed by atoms with Gasteiger partial charge in [-0.25, -0.2) is 4.98 Å². The van der Waals surface area contributed by atoms with E-state index in [1.165, 1.54) is 11.8 Å². The van der Waals surface area contributed by atoms with Crippen molar-refractivity contribution in [3.8, 4) is 0 Å². The van der Waals surface area contributed by atoms with Gasteiger partial charge in [0, 0.05) is 17.5 Å². The lowest BCUT2D eigenvalue weighted by molar-refractivity contribution is 0.269. The number of aromatic nitrogens is 1. The molecule has 0 atom stereocenters. The molecule has 2 heterocycles. The summed E-state index contributed by atoms with van der Waals surface area (Å²) in [6.45, 7) is 1.99. The smallest absolute Gasteiger partial charge is 0.284 e. The number of rotatable bonds is 0. The Morgan fingerprint density at radius 1 is 1.67 bits per heavy atom. The standard InChI is InChI=1S/C8H8N2OS/c1-5-2-6-4-12-8(11)10-7(6)9-3-5/h2-3H,4H2,1H3,(H,9,10,11). The van der Waals surface area contributed by atoms with E-state index in [2.05, 4.69) is 16.4 Å². The molecule has 1 aliphatic rings. The Balaban J connectivity index is 2.43. The van der Waals surface area contributed by atoms with Gasteiger partial charge in [0.15, 0.2) is 0 Å². The fraction of sp³-hybridized carbons (Fsp3) is 0.250. The Hall–Kier alpha value is -1.03. The number of hydrogen-bond donors (Lipinski definition) is 1. The van der Waals surface area contributed by atoms with Gasteiger partial charge in [0.1, 0.15) is 5.82 Å². The summed E-state index contributed by atoms with van der Waals surface area (Å²) >= 11 is 1.28. The highest BCUT2D eigenvalue weighted by Crippen LogP contribution is 2.26. The van der Waals surface area contributed by atoms with Gasteiger partial charge in [-0.05, 0) is 12.5 Å². The molecule has 4 heteroatoms. The monoisotopic (exact) mass is 180 g/mol. The van der Waals surface area contributed by atoms with Crippen molar-refractivity contribution in [3.05, 3.63) is 23.4 Å². The van der Waals surface area contributed by atoms with Crippen LogP contribution in [0.3, 0.4) is 0 Å². The van der Waals surface area contributed by atoms with Crippen LogP contribution in [0.25, 0.3) is 0 Å². The molecule has 0 radical (unpaired) electrons. The third-order valence-corrected chi connectivity index (χ3v) is 2.50. The zero-order valence-electron chi connectivity index (χ0n) is 6.63. The molecule has 2 rings (SSSR count). The van der Waals surface area contributed by atoms with Crippen molar-refractivity contribution in [2.24, 2.45) is 0 Å². The average molecular weight is 180 g/mol. The van der Waals surface area contributed by atoms with Gasteiger partial charge in [-0.2, -0.15) is 0 Å². The Labute approximate surface area is 74.6 Å². The Morgan fingerprint density at radius 3 is 3.33 bits per heavy atom. The summed E-state index contributed by atoms with van der Waals surface area (Å²) in [5.41, 5.74) is 2.24. The molecule has 1 aromatic heterocycles. The zero-order chi connectivity index (χ0) is 8.55. The predicted molar refractivity (Wildman–Crippen MR) is 49.3 cm³/mol. The number of aryl methyl sites for hydroxylation is 1. The molecule has 0 saturated heterocycles. The lowest BCUT2D eigenvalue weighted by atomic mass is 10.2. The summed E-state index contributed by atoms with van der Waals surface area (Å²) in [5.74, 6) is 1.44. The van der Waals surface area contributed by atoms with Gasteiger partial charge in [-0.1, -0.05) is 17.8 Å². The molecular formula is C8H8N2OS. The Kier molecular flexibility index (Phi) is 1.77. The van der Waals surface area contributed by atoms with Gasteiger partial charge in [-0.3, -0.25) is 4.79 Å². The fourth-order valence-corrected chi connectivity index (χ4v) is 1.80. The molecule has 0 unspecified atom stereocenters. The number of pyridine rings is 1. The van der Waals surface area contributed by atoms with Crippen LogP contribution in [0.5, 0.6) is 0 Å². The number of amides is 1. The van der Waals surface area contributed by atoms with E-state index in [-0.39, 0.29) is 5.24 Å². The van der Waals surface area contributed by atoms with E-state index >= 15 is 0 Å². The summed E-state index contributed by atoms with van der Waals surface area (Å²) in [4.78, 5) is 15.0. The molecular weight excluding hydrogens is 172 g/mol. The number of nitrogens with zero attached hydrogens (tertiary/aromatic N) is 1. The fourth-order valence-electron chi connectivity index (χ4n) is 1.13. The van der Waals surface area contributed by atoms with Crippen molar-refractivity contribution in [1.82, 2.24) is 4.98 Å². The molecule has 0 bridgehead atoms. The second kappa shape index (κ2) is 2.79. The topological polar surface area (TPSA) is 42.0 Å². The zero-order valence-corrected chi connectivity index (χ0v) is 7.44. The van der Waals surface area contributed by atoms with Crippen molar-refractivity contribution >= 4 is 22.8 Å². The van der Waals surface area contributed by atoms with E-state index in [1.54, 1.807) is 6.20 Å². The van der Waals surface area contributed by atoms with Crippen LogP contribution >= 0.6 is 11.8 Å². The van der Waals surface area contributed by atoms with E-state index in [4.69, 9.17) is 0 Å². The first kappa shape index (κ1) is 7.61. The number of nitrogens with one attached hydrogen (secondary N) is 1. The number of hydrogen-bond acceptors (Lipinski definition) is 3. The van der Waals surface area contributed by atoms with Crippen LogP contribution in [0.1, 0.15) is 11.1 Å². The first-order chi connectivity index (χ1) is 5.75. The van der Waals surface area contributed by atoms with Crippen molar-refractivity contribution < 1.29 is 4.79 Å². The summed E-state index contributed by atoms with van der Waals surface area (Å²) in [7, 11) is 0. The van der Waals surface area contributed by atoms with E-state index in [0.717, 1.165) is 16.9 Å². The highest BCUT2D eigenvalue weighted by Gasteiger charge is 2.15. The molecule has 1 aromatic rings. The molecule has 0 aromatic carbocycles. The minimum atomic E-state index is -0.0150. The minimum absolute atomic E-state index is 0.0150. The first-order valence-electron chi connectivity index (χ1n) is 3.65. The first-order valence-corrected chi connectivity index (χ1v) is 4.63. The van der Waals surface area contributed by atoms with Crippen LogP contribution in [0, 0.1) is 6.92 Å². The van der Waals surface area contributed by atoms with Crippen molar-refractivity contribution in [3.63, 3.8) is 0 Å². The third kappa shape index (κ3) is 1.30. The van der Waals surface area contributed by atoms with Crippen LogP contribution in [0.2, 0.25) is 0 Å². The Bertz CT molecular complexity index is 338. The van der Waals surface area contributed by atoms with Gasteiger partial charge in [-0.15, -0.1) is 0 Å². The largest absolute Gasteiger partial charge is 0.301 e. The maximum Gasteiger partial charge on any atom is 0.284 e. The van der Waals surface area contributed by atoms with E-state index in [0.29, 0.717) is 5.82 Å². The molecule has 62 valence electrons. The molecule has 0 aliphatic carbocycles. The highest BCUT2D eigenvalue weighted by molar-refractivity contribution is 8.13. The molecule has 3 nitrogen and oxygen atoms in total.